The normalized spacial score (nSPS) is 13.8. The predicted molar refractivity (Wildman–Crippen MR) is 132 cm³/mol. The largest absolute Gasteiger partial charge is 0.439 e. The molecule has 10 heteroatoms. The molecule has 0 bridgehead atoms. The van der Waals surface area contributed by atoms with Gasteiger partial charge in [0, 0.05) is 43.3 Å². The van der Waals surface area contributed by atoms with Crippen molar-refractivity contribution in [2.45, 2.75) is 25.8 Å². The number of carbonyl (C=O) groups excluding carboxylic acids is 1. The number of piperidine rings is 1. The molecule has 1 fully saturated rings. The fourth-order valence-corrected chi connectivity index (χ4v) is 4.75. The number of hydrogen-bond acceptors (Lipinski definition) is 6. The number of hydrogen-bond donors (Lipinski definition) is 2. The van der Waals surface area contributed by atoms with Crippen LogP contribution >= 0.6 is 0 Å². The van der Waals surface area contributed by atoms with Gasteiger partial charge in [-0.25, -0.2) is 17.8 Å². The Labute approximate surface area is 204 Å². The van der Waals surface area contributed by atoms with E-state index in [0.29, 0.717) is 22.9 Å². The third-order valence-electron chi connectivity index (χ3n) is 5.51. The van der Waals surface area contributed by atoms with Crippen LogP contribution in [0, 0.1) is 5.82 Å². The van der Waals surface area contributed by atoms with E-state index in [1.807, 2.05) is 12.1 Å². The third kappa shape index (κ3) is 7.41. The molecule has 2 N–H and O–H groups in total. The minimum atomic E-state index is -3.86. The topological polar surface area (TPSA) is 101 Å². The molecule has 184 valence electrons. The Kier molecular flexibility index (Phi) is 7.81. The van der Waals surface area contributed by atoms with Gasteiger partial charge in [0.2, 0.25) is 21.8 Å². The average Bonchev–Trinajstić information content (AvgIpc) is 2.85. The van der Waals surface area contributed by atoms with E-state index in [1.165, 1.54) is 36.9 Å². The highest BCUT2D eigenvalue weighted by atomic mass is 32.2. The van der Waals surface area contributed by atoms with Crippen molar-refractivity contribution in [3.05, 3.63) is 78.2 Å². The average molecular weight is 499 g/mol. The number of rotatable bonds is 9. The SMILES string of the molecule is O=C(CS(=O)(=O)Nc1ccc(N2CCCCC2)cc1)NCc1ccc(Oc2ccc(F)cc2)nc1. The van der Waals surface area contributed by atoms with Gasteiger partial charge in [0.25, 0.3) is 0 Å². The summed E-state index contributed by atoms with van der Waals surface area (Å²) in [4.78, 5) is 18.6. The molecular formula is C25H27FN4O4S. The molecule has 2 heterocycles. The van der Waals surface area contributed by atoms with Crippen molar-refractivity contribution in [2.24, 2.45) is 0 Å². The van der Waals surface area contributed by atoms with Gasteiger partial charge >= 0.3 is 0 Å². The number of sulfonamides is 1. The summed E-state index contributed by atoms with van der Waals surface area (Å²) in [5, 5.41) is 2.58. The van der Waals surface area contributed by atoms with Crippen molar-refractivity contribution < 1.29 is 22.3 Å². The number of halogens is 1. The van der Waals surface area contributed by atoms with Crippen molar-refractivity contribution in [1.82, 2.24) is 10.3 Å². The van der Waals surface area contributed by atoms with E-state index in [-0.39, 0.29) is 12.4 Å². The van der Waals surface area contributed by atoms with Crippen LogP contribution in [-0.4, -0.2) is 38.2 Å². The number of amides is 1. The van der Waals surface area contributed by atoms with Crippen molar-refractivity contribution in [1.29, 1.82) is 0 Å². The van der Waals surface area contributed by atoms with Crippen LogP contribution in [-0.2, 0) is 21.4 Å². The highest BCUT2D eigenvalue weighted by Gasteiger charge is 2.17. The van der Waals surface area contributed by atoms with Gasteiger partial charge in [-0.2, -0.15) is 0 Å². The first-order valence-electron chi connectivity index (χ1n) is 11.4. The molecule has 1 amide bonds. The molecule has 0 saturated carbocycles. The second-order valence-corrected chi connectivity index (χ2v) is 10.0. The maximum atomic E-state index is 13.0. The van der Waals surface area contributed by atoms with Gasteiger partial charge in [0.05, 0.1) is 0 Å². The predicted octanol–water partition coefficient (Wildman–Crippen LogP) is 4.06. The first kappa shape index (κ1) is 24.5. The van der Waals surface area contributed by atoms with Gasteiger partial charge in [-0.3, -0.25) is 9.52 Å². The summed E-state index contributed by atoms with van der Waals surface area (Å²) < 4.78 is 45.8. The minimum Gasteiger partial charge on any atom is -0.439 e. The van der Waals surface area contributed by atoms with E-state index < -0.39 is 21.7 Å². The smallest absolute Gasteiger partial charge is 0.241 e. The van der Waals surface area contributed by atoms with Gasteiger partial charge in [-0.1, -0.05) is 6.07 Å². The molecule has 1 saturated heterocycles. The van der Waals surface area contributed by atoms with Gasteiger partial charge in [0.1, 0.15) is 17.3 Å². The van der Waals surface area contributed by atoms with E-state index in [0.717, 1.165) is 31.6 Å². The molecule has 1 aromatic heterocycles. The summed E-state index contributed by atoms with van der Waals surface area (Å²) in [7, 11) is -3.86. The third-order valence-corrected chi connectivity index (χ3v) is 6.70. The van der Waals surface area contributed by atoms with Crippen LogP contribution in [0.15, 0.2) is 66.9 Å². The molecule has 2 aromatic carbocycles. The lowest BCUT2D eigenvalue weighted by atomic mass is 10.1. The number of anilines is 2. The summed E-state index contributed by atoms with van der Waals surface area (Å²) in [5.74, 6) is -0.933. The summed E-state index contributed by atoms with van der Waals surface area (Å²) in [6.45, 7) is 2.12. The fourth-order valence-electron chi connectivity index (χ4n) is 3.73. The Morgan fingerprint density at radius 3 is 2.34 bits per heavy atom. The second-order valence-electron chi connectivity index (χ2n) is 8.29. The maximum Gasteiger partial charge on any atom is 0.241 e. The highest BCUT2D eigenvalue weighted by Crippen LogP contribution is 2.22. The molecule has 0 spiro atoms. The summed E-state index contributed by atoms with van der Waals surface area (Å²) in [5.41, 5.74) is 2.15. The van der Waals surface area contributed by atoms with Gasteiger partial charge in [-0.05, 0) is 73.4 Å². The fraction of sp³-hybridized carbons (Fsp3) is 0.280. The van der Waals surface area contributed by atoms with Crippen LogP contribution in [0.3, 0.4) is 0 Å². The lowest BCUT2D eigenvalue weighted by Crippen LogP contribution is -2.32. The molecule has 1 aliphatic rings. The zero-order valence-electron chi connectivity index (χ0n) is 19.1. The van der Waals surface area contributed by atoms with Gasteiger partial charge in [0.15, 0.2) is 0 Å². The quantitative estimate of drug-likeness (QED) is 0.462. The van der Waals surface area contributed by atoms with Crippen molar-refractivity contribution >= 4 is 27.3 Å². The number of nitrogens with zero attached hydrogens (tertiary/aromatic N) is 2. The highest BCUT2D eigenvalue weighted by molar-refractivity contribution is 7.93. The number of aromatic nitrogens is 1. The zero-order chi connectivity index (χ0) is 24.7. The molecule has 0 radical (unpaired) electrons. The number of carbonyl (C=O) groups is 1. The molecule has 0 aliphatic carbocycles. The first-order valence-corrected chi connectivity index (χ1v) is 13.0. The number of benzene rings is 2. The van der Waals surface area contributed by atoms with E-state index in [9.17, 15) is 17.6 Å². The Hall–Kier alpha value is -3.66. The van der Waals surface area contributed by atoms with E-state index >= 15 is 0 Å². The van der Waals surface area contributed by atoms with Crippen LogP contribution in [0.25, 0.3) is 0 Å². The molecule has 35 heavy (non-hydrogen) atoms. The molecular weight excluding hydrogens is 471 g/mol. The lowest BCUT2D eigenvalue weighted by molar-refractivity contribution is -0.118. The maximum absolute atomic E-state index is 13.0. The van der Waals surface area contributed by atoms with Crippen LogP contribution in [0.5, 0.6) is 11.6 Å². The molecule has 0 unspecified atom stereocenters. The summed E-state index contributed by atoms with van der Waals surface area (Å²) >= 11 is 0. The van der Waals surface area contributed by atoms with Crippen LogP contribution in [0.1, 0.15) is 24.8 Å². The Bertz CT molecular complexity index is 1230. The number of nitrogens with one attached hydrogen (secondary N) is 2. The van der Waals surface area contributed by atoms with Crippen LogP contribution < -0.4 is 19.7 Å². The van der Waals surface area contributed by atoms with Crippen molar-refractivity contribution in [2.75, 3.05) is 28.5 Å². The molecule has 0 atom stereocenters. The van der Waals surface area contributed by atoms with Crippen molar-refractivity contribution in [3.8, 4) is 11.6 Å². The second kappa shape index (κ2) is 11.2. The Morgan fingerprint density at radius 2 is 1.69 bits per heavy atom. The van der Waals surface area contributed by atoms with Gasteiger partial charge < -0.3 is 15.0 Å². The molecule has 1 aliphatic heterocycles. The minimum absolute atomic E-state index is 0.114. The number of ether oxygens (including phenoxy) is 1. The van der Waals surface area contributed by atoms with Gasteiger partial charge in [-0.15, -0.1) is 0 Å². The van der Waals surface area contributed by atoms with Crippen LogP contribution in [0.2, 0.25) is 0 Å². The van der Waals surface area contributed by atoms with E-state index in [2.05, 4.69) is 19.9 Å². The van der Waals surface area contributed by atoms with E-state index in [1.54, 1.807) is 24.3 Å². The zero-order valence-corrected chi connectivity index (χ0v) is 19.9. The number of pyridine rings is 1. The monoisotopic (exact) mass is 498 g/mol. The Morgan fingerprint density at radius 1 is 0.971 bits per heavy atom. The van der Waals surface area contributed by atoms with Crippen LogP contribution in [0.4, 0.5) is 15.8 Å². The van der Waals surface area contributed by atoms with Crippen molar-refractivity contribution in [3.63, 3.8) is 0 Å². The standard InChI is InChI=1S/C25H27FN4O4S/c26-20-5-11-23(12-6-20)34-25-13-4-19(17-28-25)16-27-24(31)18-35(32,33)29-21-7-9-22(10-8-21)30-14-2-1-3-15-30/h4-13,17,29H,1-3,14-16,18H2,(H,27,31). The lowest BCUT2D eigenvalue weighted by Gasteiger charge is -2.28. The summed E-state index contributed by atoms with van der Waals surface area (Å²) in [6.07, 6.45) is 5.07. The Balaban J connectivity index is 1.24. The molecule has 4 rings (SSSR count). The molecule has 3 aromatic rings. The summed E-state index contributed by atoms with van der Waals surface area (Å²) in [6, 6.07) is 16.0. The molecule has 8 nitrogen and oxygen atoms in total. The van der Waals surface area contributed by atoms with E-state index in [4.69, 9.17) is 4.74 Å². The first-order chi connectivity index (χ1) is 16.9.